The first-order valence-corrected chi connectivity index (χ1v) is 12.1. The molecule has 154 valence electrons. The molecule has 0 radical (unpaired) electrons. The minimum Gasteiger partial charge on any atom is -0.310 e. The lowest BCUT2D eigenvalue weighted by molar-refractivity contribution is 0.487. The number of benzene rings is 3. The molecule has 4 nitrogen and oxygen atoms in total. The molecule has 0 aliphatic carbocycles. The van der Waals surface area contributed by atoms with Crippen LogP contribution in [0.25, 0.3) is 16.3 Å². The standard InChI is InChI=1S/C24H23ClN2O2S/c25-21-11-12-22-24-20(21)9-4-10-23(24)30(28,29)27(22)15-5-8-19-16-18(13-14-26-19)17-6-2-1-3-7-17/h1-4,6-7,9-13,19,26H,5,8,14-16H2. The van der Waals surface area contributed by atoms with Crippen molar-refractivity contribution in [3.05, 3.63) is 77.3 Å². The molecule has 3 aromatic rings. The van der Waals surface area contributed by atoms with Crippen LogP contribution in [0.2, 0.25) is 5.02 Å². The van der Waals surface area contributed by atoms with E-state index >= 15 is 0 Å². The molecule has 1 unspecified atom stereocenters. The summed E-state index contributed by atoms with van der Waals surface area (Å²) in [5, 5.41) is 5.67. The zero-order valence-corrected chi connectivity index (χ0v) is 18.1. The Morgan fingerprint density at radius 3 is 2.70 bits per heavy atom. The normalized spacial score (nSPS) is 19.8. The molecule has 1 N–H and O–H groups in total. The maximum Gasteiger partial charge on any atom is 0.265 e. The molecule has 0 amide bonds. The maximum atomic E-state index is 13.2. The highest BCUT2D eigenvalue weighted by molar-refractivity contribution is 7.93. The summed E-state index contributed by atoms with van der Waals surface area (Å²) in [6.07, 6.45) is 4.92. The van der Waals surface area contributed by atoms with Gasteiger partial charge in [0.2, 0.25) is 0 Å². The Morgan fingerprint density at radius 2 is 1.87 bits per heavy atom. The van der Waals surface area contributed by atoms with Crippen LogP contribution in [0.1, 0.15) is 24.8 Å². The van der Waals surface area contributed by atoms with Gasteiger partial charge >= 0.3 is 0 Å². The molecule has 3 aromatic carbocycles. The molecular weight excluding hydrogens is 416 g/mol. The zero-order valence-electron chi connectivity index (χ0n) is 16.5. The van der Waals surface area contributed by atoms with Gasteiger partial charge in [0, 0.05) is 34.9 Å². The summed E-state index contributed by atoms with van der Waals surface area (Å²) in [5.41, 5.74) is 3.37. The number of rotatable bonds is 5. The molecule has 2 heterocycles. The van der Waals surface area contributed by atoms with Gasteiger partial charge in [0.05, 0.1) is 10.6 Å². The van der Waals surface area contributed by atoms with Gasteiger partial charge in [-0.3, -0.25) is 4.31 Å². The fraction of sp³-hybridized carbons (Fsp3) is 0.250. The van der Waals surface area contributed by atoms with Gasteiger partial charge in [0.25, 0.3) is 10.0 Å². The van der Waals surface area contributed by atoms with Gasteiger partial charge in [-0.25, -0.2) is 8.42 Å². The highest BCUT2D eigenvalue weighted by Gasteiger charge is 2.35. The largest absolute Gasteiger partial charge is 0.310 e. The Morgan fingerprint density at radius 1 is 1.03 bits per heavy atom. The average molecular weight is 439 g/mol. The number of hydrogen-bond donors (Lipinski definition) is 1. The smallest absolute Gasteiger partial charge is 0.265 e. The van der Waals surface area contributed by atoms with E-state index in [2.05, 4.69) is 35.7 Å². The van der Waals surface area contributed by atoms with Crippen LogP contribution in [-0.4, -0.2) is 27.5 Å². The molecule has 0 saturated heterocycles. The van der Waals surface area contributed by atoms with Gasteiger partial charge < -0.3 is 5.32 Å². The second-order valence-electron chi connectivity index (χ2n) is 7.87. The van der Waals surface area contributed by atoms with Gasteiger partial charge in [0.1, 0.15) is 0 Å². The Kier molecular flexibility index (Phi) is 5.05. The Balaban J connectivity index is 1.30. The molecule has 0 spiro atoms. The molecule has 0 saturated carbocycles. The van der Waals surface area contributed by atoms with Crippen molar-refractivity contribution >= 4 is 43.7 Å². The molecule has 0 fully saturated rings. The summed E-state index contributed by atoms with van der Waals surface area (Å²) in [4.78, 5) is 0.364. The van der Waals surface area contributed by atoms with E-state index in [9.17, 15) is 8.42 Å². The van der Waals surface area contributed by atoms with E-state index in [1.807, 2.05) is 18.2 Å². The number of nitrogens with one attached hydrogen (secondary N) is 1. The first-order valence-electron chi connectivity index (χ1n) is 10.3. The van der Waals surface area contributed by atoms with Gasteiger partial charge in [-0.1, -0.05) is 60.1 Å². The number of anilines is 1. The van der Waals surface area contributed by atoms with E-state index < -0.39 is 10.0 Å². The quantitative estimate of drug-likeness (QED) is 0.593. The van der Waals surface area contributed by atoms with Crippen LogP contribution in [0.4, 0.5) is 5.69 Å². The number of nitrogens with zero attached hydrogens (tertiary/aromatic N) is 1. The van der Waals surface area contributed by atoms with Crippen LogP contribution < -0.4 is 9.62 Å². The van der Waals surface area contributed by atoms with E-state index in [1.165, 1.54) is 11.1 Å². The summed E-state index contributed by atoms with van der Waals surface area (Å²) in [6, 6.07) is 19.7. The Bertz CT molecular complexity index is 1240. The minimum absolute atomic E-state index is 0.350. The summed E-state index contributed by atoms with van der Waals surface area (Å²) in [5.74, 6) is 0. The van der Waals surface area contributed by atoms with Crippen molar-refractivity contribution in [2.24, 2.45) is 0 Å². The van der Waals surface area contributed by atoms with Gasteiger partial charge in [0.15, 0.2) is 0 Å². The van der Waals surface area contributed by atoms with Crippen LogP contribution in [-0.2, 0) is 10.0 Å². The molecule has 1 atom stereocenters. The molecule has 2 aliphatic heterocycles. The second kappa shape index (κ2) is 7.73. The fourth-order valence-electron chi connectivity index (χ4n) is 4.57. The lowest BCUT2D eigenvalue weighted by atomic mass is 9.93. The van der Waals surface area contributed by atoms with Crippen molar-refractivity contribution in [1.82, 2.24) is 5.32 Å². The topological polar surface area (TPSA) is 49.4 Å². The molecule has 30 heavy (non-hydrogen) atoms. The van der Waals surface area contributed by atoms with Crippen LogP contribution in [0.3, 0.4) is 0 Å². The van der Waals surface area contributed by atoms with Gasteiger partial charge in [-0.2, -0.15) is 0 Å². The molecular formula is C24H23ClN2O2S. The van der Waals surface area contributed by atoms with Crippen LogP contribution >= 0.6 is 11.6 Å². The lowest BCUT2D eigenvalue weighted by Crippen LogP contribution is -2.34. The second-order valence-corrected chi connectivity index (χ2v) is 10.1. The van der Waals surface area contributed by atoms with Crippen LogP contribution in [0.5, 0.6) is 0 Å². The first-order chi connectivity index (χ1) is 14.6. The van der Waals surface area contributed by atoms with Gasteiger partial charge in [-0.15, -0.1) is 0 Å². The summed E-state index contributed by atoms with van der Waals surface area (Å²) in [6.45, 7) is 1.32. The van der Waals surface area contributed by atoms with E-state index in [0.717, 1.165) is 42.3 Å². The third-order valence-corrected chi connectivity index (χ3v) is 8.23. The van der Waals surface area contributed by atoms with E-state index in [1.54, 1.807) is 22.5 Å². The molecule has 0 bridgehead atoms. The number of halogens is 1. The predicted octanol–water partition coefficient (Wildman–Crippen LogP) is 5.23. The van der Waals surface area contributed by atoms with E-state index in [0.29, 0.717) is 22.5 Å². The monoisotopic (exact) mass is 438 g/mol. The van der Waals surface area contributed by atoms with Crippen molar-refractivity contribution < 1.29 is 8.42 Å². The van der Waals surface area contributed by atoms with Gasteiger partial charge in [-0.05, 0) is 48.6 Å². The first kappa shape index (κ1) is 19.6. The molecule has 0 aromatic heterocycles. The molecule has 6 heteroatoms. The highest BCUT2D eigenvalue weighted by atomic mass is 35.5. The summed E-state index contributed by atoms with van der Waals surface area (Å²) in [7, 11) is -3.53. The Labute approximate surface area is 182 Å². The van der Waals surface area contributed by atoms with Crippen molar-refractivity contribution in [3.63, 3.8) is 0 Å². The third-order valence-electron chi connectivity index (χ3n) is 6.04. The number of hydrogen-bond acceptors (Lipinski definition) is 3. The Hall–Kier alpha value is -2.34. The maximum absolute atomic E-state index is 13.2. The van der Waals surface area contributed by atoms with Crippen molar-refractivity contribution in [1.29, 1.82) is 0 Å². The minimum atomic E-state index is -3.53. The predicted molar refractivity (Wildman–Crippen MR) is 124 cm³/mol. The fourth-order valence-corrected chi connectivity index (χ4v) is 6.54. The van der Waals surface area contributed by atoms with Crippen LogP contribution in [0.15, 0.2) is 71.6 Å². The molecule has 5 rings (SSSR count). The van der Waals surface area contributed by atoms with E-state index in [-0.39, 0.29) is 0 Å². The average Bonchev–Trinajstić information content (AvgIpc) is 2.99. The number of sulfonamides is 1. The van der Waals surface area contributed by atoms with Crippen molar-refractivity contribution in [2.45, 2.75) is 30.2 Å². The van der Waals surface area contributed by atoms with Crippen LogP contribution in [0, 0.1) is 0 Å². The summed E-state index contributed by atoms with van der Waals surface area (Å²) < 4.78 is 27.9. The molecule has 2 aliphatic rings. The van der Waals surface area contributed by atoms with Crippen molar-refractivity contribution in [3.8, 4) is 0 Å². The third kappa shape index (κ3) is 3.31. The van der Waals surface area contributed by atoms with Crippen molar-refractivity contribution in [2.75, 3.05) is 17.4 Å². The lowest BCUT2D eigenvalue weighted by Gasteiger charge is -2.26. The summed E-state index contributed by atoms with van der Waals surface area (Å²) >= 11 is 6.31. The SMILES string of the molecule is O=S1(=O)c2cccc3c(Cl)ccc(c23)N1CCCC1CC(c2ccccc2)=CCN1. The van der Waals surface area contributed by atoms with E-state index in [4.69, 9.17) is 11.6 Å². The zero-order chi connectivity index (χ0) is 20.7. The highest BCUT2D eigenvalue weighted by Crippen LogP contribution is 2.44.